The molecule has 2 aliphatic rings. The lowest BCUT2D eigenvalue weighted by Gasteiger charge is -2.37. The van der Waals surface area contributed by atoms with Crippen molar-refractivity contribution in [2.75, 3.05) is 6.26 Å². The number of rotatable bonds is 4. The summed E-state index contributed by atoms with van der Waals surface area (Å²) in [5.74, 6) is 0.0212. The van der Waals surface area contributed by atoms with Gasteiger partial charge in [0.25, 0.3) is 0 Å². The number of fused-ring (bicyclic) bond motifs is 1. The number of hydrogen-bond acceptors (Lipinski definition) is 4. The topological polar surface area (TPSA) is 40.6 Å². The molecule has 0 aliphatic carbocycles. The number of benzene rings is 2. The van der Waals surface area contributed by atoms with Crippen molar-refractivity contribution in [1.29, 1.82) is 0 Å². The first kappa shape index (κ1) is 18.0. The predicted molar refractivity (Wildman–Crippen MR) is 108 cm³/mol. The summed E-state index contributed by atoms with van der Waals surface area (Å²) in [7, 11) is 0. The number of carbonyl (C=O) groups is 2. The number of carbonyl (C=O) groups excluding carboxylic acids is 2. The van der Waals surface area contributed by atoms with E-state index in [0.717, 1.165) is 10.6 Å². The standard InChI is InChI=1S/C22H22N2O2S/c1-22(2)14-17(25)23-21(27-3)18(20(26)16-12-8-5-9-13-16)19(24(22)23)15-10-6-4-7-11-15/h4-13,19H,14H2,1-3H3. The maximum atomic E-state index is 13.5. The minimum Gasteiger partial charge on any atom is -0.289 e. The van der Waals surface area contributed by atoms with Crippen LogP contribution in [0.2, 0.25) is 0 Å². The molecule has 0 saturated carbocycles. The number of nitrogens with zero attached hydrogens (tertiary/aromatic N) is 2. The maximum absolute atomic E-state index is 13.5. The Hall–Kier alpha value is -2.37. The summed E-state index contributed by atoms with van der Waals surface area (Å²) >= 11 is 1.47. The zero-order valence-corrected chi connectivity index (χ0v) is 16.5. The molecule has 4 rings (SSSR count). The van der Waals surface area contributed by atoms with Crippen molar-refractivity contribution >= 4 is 23.5 Å². The molecule has 0 radical (unpaired) electrons. The van der Waals surface area contributed by atoms with E-state index in [1.165, 1.54) is 11.8 Å². The zero-order valence-electron chi connectivity index (χ0n) is 15.7. The van der Waals surface area contributed by atoms with E-state index in [4.69, 9.17) is 0 Å². The van der Waals surface area contributed by atoms with Crippen molar-refractivity contribution in [2.45, 2.75) is 31.8 Å². The molecule has 2 heterocycles. The summed E-state index contributed by atoms with van der Waals surface area (Å²) in [6, 6.07) is 19.0. The summed E-state index contributed by atoms with van der Waals surface area (Å²) in [6.45, 7) is 4.13. The Bertz CT molecular complexity index is 922. The van der Waals surface area contributed by atoms with Crippen LogP contribution in [0, 0.1) is 0 Å². The summed E-state index contributed by atoms with van der Waals surface area (Å²) in [4.78, 5) is 26.4. The second kappa shape index (κ2) is 6.66. The highest BCUT2D eigenvalue weighted by Gasteiger charge is 2.56. The van der Waals surface area contributed by atoms with Crippen LogP contribution in [0.25, 0.3) is 0 Å². The minimum atomic E-state index is -0.364. The van der Waals surface area contributed by atoms with Crippen LogP contribution < -0.4 is 0 Å². The van der Waals surface area contributed by atoms with Gasteiger partial charge in [0.05, 0.1) is 11.6 Å². The van der Waals surface area contributed by atoms with E-state index in [1.807, 2.05) is 66.9 Å². The number of hydrazine groups is 1. The highest BCUT2D eigenvalue weighted by atomic mass is 32.2. The van der Waals surface area contributed by atoms with Crippen LogP contribution in [-0.2, 0) is 4.79 Å². The Morgan fingerprint density at radius 1 is 1.04 bits per heavy atom. The smallest absolute Gasteiger partial charge is 0.244 e. The van der Waals surface area contributed by atoms with Gasteiger partial charge in [0.15, 0.2) is 5.78 Å². The van der Waals surface area contributed by atoms with Crippen molar-refractivity contribution < 1.29 is 9.59 Å². The summed E-state index contributed by atoms with van der Waals surface area (Å²) in [5, 5.41) is 4.57. The highest BCUT2D eigenvalue weighted by Crippen LogP contribution is 2.52. The van der Waals surface area contributed by atoms with E-state index in [0.29, 0.717) is 17.6 Å². The molecule has 0 spiro atoms. The third kappa shape index (κ3) is 2.82. The molecule has 1 saturated heterocycles. The second-order valence-electron chi connectivity index (χ2n) is 7.47. The van der Waals surface area contributed by atoms with E-state index in [2.05, 4.69) is 18.9 Å². The zero-order chi connectivity index (χ0) is 19.2. The van der Waals surface area contributed by atoms with Crippen molar-refractivity contribution in [2.24, 2.45) is 0 Å². The lowest BCUT2D eigenvalue weighted by atomic mass is 9.90. The number of amides is 1. The first-order valence-corrected chi connectivity index (χ1v) is 10.2. The summed E-state index contributed by atoms with van der Waals surface area (Å²) < 4.78 is 0. The molecule has 1 amide bonds. The monoisotopic (exact) mass is 378 g/mol. The van der Waals surface area contributed by atoms with Gasteiger partial charge in [-0.3, -0.25) is 9.59 Å². The Balaban J connectivity index is 1.93. The Kier molecular flexibility index (Phi) is 4.44. The number of thioether (sulfide) groups is 1. The van der Waals surface area contributed by atoms with Gasteiger partial charge in [0.1, 0.15) is 5.03 Å². The van der Waals surface area contributed by atoms with E-state index >= 15 is 0 Å². The Morgan fingerprint density at radius 2 is 1.63 bits per heavy atom. The van der Waals surface area contributed by atoms with E-state index < -0.39 is 0 Å². The van der Waals surface area contributed by atoms with Crippen molar-refractivity contribution in [1.82, 2.24) is 10.0 Å². The van der Waals surface area contributed by atoms with Gasteiger partial charge in [0.2, 0.25) is 5.91 Å². The molecule has 27 heavy (non-hydrogen) atoms. The molecule has 1 fully saturated rings. The van der Waals surface area contributed by atoms with Crippen LogP contribution in [0.5, 0.6) is 0 Å². The molecular weight excluding hydrogens is 356 g/mol. The summed E-state index contributed by atoms with van der Waals surface area (Å²) in [5.41, 5.74) is 1.99. The first-order valence-electron chi connectivity index (χ1n) is 9.01. The molecule has 5 heteroatoms. The average Bonchev–Trinajstić information content (AvgIpc) is 3.15. The fraction of sp³-hybridized carbons (Fsp3) is 0.273. The van der Waals surface area contributed by atoms with Crippen molar-refractivity contribution in [3.05, 3.63) is 82.4 Å². The number of ketones is 1. The van der Waals surface area contributed by atoms with Gasteiger partial charge in [-0.1, -0.05) is 60.7 Å². The van der Waals surface area contributed by atoms with Crippen LogP contribution in [0.4, 0.5) is 0 Å². The van der Waals surface area contributed by atoms with Gasteiger partial charge < -0.3 is 0 Å². The molecule has 0 bridgehead atoms. The van der Waals surface area contributed by atoms with Crippen LogP contribution in [-0.4, -0.2) is 33.5 Å². The Labute approximate surface area is 163 Å². The molecule has 1 atom stereocenters. The van der Waals surface area contributed by atoms with Crippen molar-refractivity contribution in [3.63, 3.8) is 0 Å². The van der Waals surface area contributed by atoms with Crippen LogP contribution in [0.3, 0.4) is 0 Å². The third-order valence-electron chi connectivity index (χ3n) is 5.19. The van der Waals surface area contributed by atoms with Gasteiger partial charge >= 0.3 is 0 Å². The number of hydrogen-bond donors (Lipinski definition) is 0. The van der Waals surface area contributed by atoms with Crippen LogP contribution >= 0.6 is 11.8 Å². The van der Waals surface area contributed by atoms with Gasteiger partial charge in [-0.05, 0) is 25.7 Å². The molecule has 0 N–H and O–H groups in total. The summed E-state index contributed by atoms with van der Waals surface area (Å²) in [6.07, 6.45) is 2.37. The quantitative estimate of drug-likeness (QED) is 0.738. The molecular formula is C22H22N2O2S. The minimum absolute atomic E-state index is 0.0215. The van der Waals surface area contributed by atoms with Gasteiger partial charge in [-0.2, -0.15) is 5.01 Å². The van der Waals surface area contributed by atoms with Gasteiger partial charge in [-0.25, -0.2) is 5.01 Å². The van der Waals surface area contributed by atoms with Crippen LogP contribution in [0.15, 0.2) is 71.3 Å². The SMILES string of the molecule is CSC1=C(C(=O)c2ccccc2)C(c2ccccc2)N2N1C(=O)CC2(C)C. The molecule has 1 unspecified atom stereocenters. The maximum Gasteiger partial charge on any atom is 0.244 e. The fourth-order valence-electron chi connectivity index (χ4n) is 4.05. The van der Waals surface area contributed by atoms with E-state index in [9.17, 15) is 9.59 Å². The lowest BCUT2D eigenvalue weighted by Crippen LogP contribution is -2.44. The molecule has 138 valence electrons. The largest absolute Gasteiger partial charge is 0.289 e. The normalized spacial score (nSPS) is 21.7. The molecule has 2 aromatic rings. The molecule has 2 aliphatic heterocycles. The first-order chi connectivity index (χ1) is 13.0. The average molecular weight is 378 g/mol. The molecule has 0 aromatic heterocycles. The molecule has 4 nitrogen and oxygen atoms in total. The van der Waals surface area contributed by atoms with E-state index in [1.54, 1.807) is 5.01 Å². The fourth-order valence-corrected chi connectivity index (χ4v) is 4.84. The van der Waals surface area contributed by atoms with Gasteiger partial charge in [0, 0.05) is 17.5 Å². The van der Waals surface area contributed by atoms with E-state index in [-0.39, 0.29) is 23.3 Å². The number of Topliss-reactive ketones (excluding diaryl/α,β-unsaturated/α-hetero) is 1. The second-order valence-corrected chi connectivity index (χ2v) is 8.27. The van der Waals surface area contributed by atoms with Gasteiger partial charge in [-0.15, -0.1) is 11.8 Å². The lowest BCUT2D eigenvalue weighted by molar-refractivity contribution is -0.134. The van der Waals surface area contributed by atoms with Crippen LogP contribution in [0.1, 0.15) is 42.2 Å². The Morgan fingerprint density at radius 3 is 2.22 bits per heavy atom. The molecule has 2 aromatic carbocycles. The highest BCUT2D eigenvalue weighted by molar-refractivity contribution is 8.02. The predicted octanol–water partition coefficient (Wildman–Crippen LogP) is 4.43. The van der Waals surface area contributed by atoms with Crippen molar-refractivity contribution in [3.8, 4) is 0 Å². The third-order valence-corrected chi connectivity index (χ3v) is 5.97.